The zero-order valence-corrected chi connectivity index (χ0v) is 15.6. The second-order valence-corrected chi connectivity index (χ2v) is 6.97. The van der Waals surface area contributed by atoms with E-state index in [1.165, 1.54) is 5.56 Å². The molecule has 3 aromatic carbocycles. The van der Waals surface area contributed by atoms with E-state index in [9.17, 15) is 0 Å². The van der Waals surface area contributed by atoms with E-state index in [0.717, 1.165) is 33.9 Å². The number of rotatable bonds is 4. The van der Waals surface area contributed by atoms with Crippen molar-refractivity contribution in [2.45, 2.75) is 19.8 Å². The second-order valence-electron chi connectivity index (χ2n) is 6.97. The van der Waals surface area contributed by atoms with Gasteiger partial charge in [0.05, 0.1) is 11.4 Å². The molecule has 0 atom stereocenters. The summed E-state index contributed by atoms with van der Waals surface area (Å²) < 4.78 is 0. The molecule has 132 valence electrons. The molecular formula is C25H22N2. The minimum Gasteiger partial charge on any atom is -0.228 e. The maximum absolute atomic E-state index is 4.89. The van der Waals surface area contributed by atoms with Gasteiger partial charge in [-0.05, 0) is 23.6 Å². The first kappa shape index (κ1) is 17.2. The average Bonchev–Trinajstić information content (AvgIpc) is 2.75. The average molecular weight is 350 g/mol. The minimum absolute atomic E-state index is 0.468. The van der Waals surface area contributed by atoms with Crippen molar-refractivity contribution in [1.82, 2.24) is 9.97 Å². The summed E-state index contributed by atoms with van der Waals surface area (Å²) in [6, 6.07) is 31.2. The van der Waals surface area contributed by atoms with Crippen LogP contribution in [0.25, 0.3) is 33.9 Å². The van der Waals surface area contributed by atoms with Crippen LogP contribution in [0.5, 0.6) is 0 Å². The van der Waals surface area contributed by atoms with Crippen molar-refractivity contribution in [3.63, 3.8) is 0 Å². The Morgan fingerprint density at radius 3 is 1.59 bits per heavy atom. The normalized spacial score (nSPS) is 10.9. The van der Waals surface area contributed by atoms with E-state index in [-0.39, 0.29) is 0 Å². The van der Waals surface area contributed by atoms with Crippen molar-refractivity contribution in [2.75, 3.05) is 0 Å². The molecule has 0 N–H and O–H groups in total. The van der Waals surface area contributed by atoms with Crippen LogP contribution in [-0.2, 0) is 0 Å². The zero-order valence-electron chi connectivity index (χ0n) is 15.6. The first-order valence-electron chi connectivity index (χ1n) is 9.31. The molecule has 4 aromatic rings. The van der Waals surface area contributed by atoms with Crippen LogP contribution in [0.15, 0.2) is 91.0 Å². The smallest absolute Gasteiger partial charge is 0.160 e. The summed E-state index contributed by atoms with van der Waals surface area (Å²) in [6.07, 6.45) is 0. The van der Waals surface area contributed by atoms with Crippen LogP contribution in [0.2, 0.25) is 0 Å². The Morgan fingerprint density at radius 1 is 0.556 bits per heavy atom. The van der Waals surface area contributed by atoms with Gasteiger partial charge in [0.2, 0.25) is 0 Å². The molecule has 0 aliphatic carbocycles. The summed E-state index contributed by atoms with van der Waals surface area (Å²) in [5.74, 6) is 1.23. The van der Waals surface area contributed by atoms with Gasteiger partial charge in [-0.3, -0.25) is 0 Å². The Labute approximate surface area is 160 Å². The molecule has 0 bridgehead atoms. The Balaban J connectivity index is 1.90. The van der Waals surface area contributed by atoms with Crippen LogP contribution in [0, 0.1) is 0 Å². The number of benzene rings is 3. The summed E-state index contributed by atoms with van der Waals surface area (Å²) in [4.78, 5) is 9.78. The zero-order chi connectivity index (χ0) is 18.6. The van der Waals surface area contributed by atoms with Crippen molar-refractivity contribution in [1.29, 1.82) is 0 Å². The lowest BCUT2D eigenvalue weighted by molar-refractivity contribution is 0.867. The van der Waals surface area contributed by atoms with Crippen molar-refractivity contribution >= 4 is 0 Å². The van der Waals surface area contributed by atoms with Gasteiger partial charge in [0.15, 0.2) is 5.82 Å². The van der Waals surface area contributed by atoms with Gasteiger partial charge in [0.1, 0.15) is 0 Å². The number of hydrogen-bond acceptors (Lipinski definition) is 2. The van der Waals surface area contributed by atoms with Gasteiger partial charge in [0.25, 0.3) is 0 Å². The highest BCUT2D eigenvalue weighted by Crippen LogP contribution is 2.28. The summed E-state index contributed by atoms with van der Waals surface area (Å²) >= 11 is 0. The van der Waals surface area contributed by atoms with E-state index in [0.29, 0.717) is 5.92 Å². The Bertz CT molecular complexity index is 980. The summed E-state index contributed by atoms with van der Waals surface area (Å²) in [6.45, 7) is 4.41. The third-order valence-electron chi connectivity index (χ3n) is 4.68. The first-order chi connectivity index (χ1) is 13.2. The van der Waals surface area contributed by atoms with Gasteiger partial charge in [-0.1, -0.05) is 92.7 Å². The maximum atomic E-state index is 4.89. The quantitative estimate of drug-likeness (QED) is 0.414. The van der Waals surface area contributed by atoms with Crippen LogP contribution in [0.4, 0.5) is 0 Å². The number of nitrogens with zero attached hydrogens (tertiary/aromatic N) is 2. The summed E-state index contributed by atoms with van der Waals surface area (Å²) in [7, 11) is 0. The third-order valence-corrected chi connectivity index (χ3v) is 4.68. The van der Waals surface area contributed by atoms with E-state index in [1.54, 1.807) is 0 Å². The van der Waals surface area contributed by atoms with Crippen molar-refractivity contribution in [3.8, 4) is 33.9 Å². The SMILES string of the molecule is CC(C)c1cccc(-c2nc(-c3ccccc3)cc(-c3ccccc3)n2)c1. The van der Waals surface area contributed by atoms with Gasteiger partial charge in [-0.15, -0.1) is 0 Å². The lowest BCUT2D eigenvalue weighted by atomic mass is 10.0. The highest BCUT2D eigenvalue weighted by atomic mass is 14.9. The fourth-order valence-corrected chi connectivity index (χ4v) is 3.13. The van der Waals surface area contributed by atoms with Crippen LogP contribution in [0.3, 0.4) is 0 Å². The molecule has 0 radical (unpaired) electrons. The molecule has 0 unspecified atom stereocenters. The molecule has 2 nitrogen and oxygen atoms in total. The Morgan fingerprint density at radius 2 is 1.07 bits per heavy atom. The van der Waals surface area contributed by atoms with E-state index < -0.39 is 0 Å². The molecule has 2 heteroatoms. The third kappa shape index (κ3) is 3.80. The highest BCUT2D eigenvalue weighted by Gasteiger charge is 2.11. The van der Waals surface area contributed by atoms with Crippen LogP contribution >= 0.6 is 0 Å². The van der Waals surface area contributed by atoms with Gasteiger partial charge >= 0.3 is 0 Å². The molecule has 0 spiro atoms. The highest BCUT2D eigenvalue weighted by molar-refractivity contribution is 5.71. The molecule has 0 aliphatic heterocycles. The topological polar surface area (TPSA) is 25.8 Å². The lowest BCUT2D eigenvalue weighted by Gasteiger charge is -2.11. The van der Waals surface area contributed by atoms with Gasteiger partial charge < -0.3 is 0 Å². The van der Waals surface area contributed by atoms with E-state index in [2.05, 4.69) is 68.4 Å². The van der Waals surface area contributed by atoms with Crippen LogP contribution in [-0.4, -0.2) is 9.97 Å². The fourth-order valence-electron chi connectivity index (χ4n) is 3.13. The molecule has 4 rings (SSSR count). The Kier molecular flexibility index (Phi) is 4.80. The summed E-state index contributed by atoms with van der Waals surface area (Å²) in [5, 5.41) is 0. The monoisotopic (exact) mass is 350 g/mol. The molecule has 0 amide bonds. The standard InChI is InChI=1S/C25H22N2/c1-18(2)21-14-9-15-22(16-21)25-26-23(19-10-5-3-6-11-19)17-24(27-25)20-12-7-4-8-13-20/h3-18H,1-2H3. The predicted molar refractivity (Wildman–Crippen MR) is 112 cm³/mol. The minimum atomic E-state index is 0.468. The van der Waals surface area contributed by atoms with Crippen LogP contribution in [0.1, 0.15) is 25.3 Å². The molecular weight excluding hydrogens is 328 g/mol. The predicted octanol–water partition coefficient (Wildman–Crippen LogP) is 6.60. The molecule has 1 heterocycles. The van der Waals surface area contributed by atoms with Crippen LogP contribution < -0.4 is 0 Å². The molecule has 1 aromatic heterocycles. The van der Waals surface area contributed by atoms with Gasteiger partial charge in [-0.2, -0.15) is 0 Å². The largest absolute Gasteiger partial charge is 0.228 e. The van der Waals surface area contributed by atoms with E-state index in [4.69, 9.17) is 9.97 Å². The molecule has 0 fully saturated rings. The van der Waals surface area contributed by atoms with Gasteiger partial charge in [-0.25, -0.2) is 9.97 Å². The first-order valence-corrected chi connectivity index (χ1v) is 9.31. The molecule has 27 heavy (non-hydrogen) atoms. The molecule has 0 aliphatic rings. The Hall–Kier alpha value is -3.26. The van der Waals surface area contributed by atoms with E-state index in [1.807, 2.05) is 36.4 Å². The number of aromatic nitrogens is 2. The van der Waals surface area contributed by atoms with Crippen molar-refractivity contribution in [3.05, 3.63) is 96.6 Å². The fraction of sp³-hybridized carbons (Fsp3) is 0.120. The van der Waals surface area contributed by atoms with E-state index >= 15 is 0 Å². The van der Waals surface area contributed by atoms with Crippen molar-refractivity contribution in [2.24, 2.45) is 0 Å². The molecule has 0 saturated heterocycles. The van der Waals surface area contributed by atoms with Crippen molar-refractivity contribution < 1.29 is 0 Å². The number of hydrogen-bond donors (Lipinski definition) is 0. The second kappa shape index (κ2) is 7.55. The lowest BCUT2D eigenvalue weighted by Crippen LogP contribution is -1.97. The maximum Gasteiger partial charge on any atom is 0.160 e. The summed E-state index contributed by atoms with van der Waals surface area (Å²) in [5.41, 5.74) is 6.42. The van der Waals surface area contributed by atoms with Gasteiger partial charge in [0, 0.05) is 16.7 Å². The molecule has 0 saturated carbocycles.